The van der Waals surface area contributed by atoms with Gasteiger partial charge in [0.1, 0.15) is 17.5 Å². The standard InChI is InChI=1S/C19H29ClN2O4/c1-19(2,3)26-18(23)21-15(13-24-4)9-10-22-11-17(12-22)25-16-7-5-14(20)6-8-16/h5-8,15,17H,9-13H2,1-4H3,(H,21,23)/t15-/m0/s1. The van der Waals surface area contributed by atoms with Crippen LogP contribution in [-0.4, -0.2) is 62.1 Å². The van der Waals surface area contributed by atoms with Crippen LogP contribution in [0.1, 0.15) is 27.2 Å². The fourth-order valence-corrected chi connectivity index (χ4v) is 2.82. The second-order valence-electron chi connectivity index (χ2n) is 7.54. The molecule has 146 valence electrons. The summed E-state index contributed by atoms with van der Waals surface area (Å²) in [4.78, 5) is 14.2. The maximum Gasteiger partial charge on any atom is 0.407 e. The summed E-state index contributed by atoms with van der Waals surface area (Å²) in [7, 11) is 1.63. The SMILES string of the molecule is COC[C@H](CCN1CC(Oc2ccc(Cl)cc2)C1)NC(=O)OC(C)(C)C. The zero-order valence-corrected chi connectivity index (χ0v) is 16.7. The molecule has 0 spiro atoms. The van der Waals surface area contributed by atoms with Gasteiger partial charge in [-0.1, -0.05) is 11.6 Å². The fraction of sp³-hybridized carbons (Fsp3) is 0.632. The number of amides is 1. The maximum absolute atomic E-state index is 11.9. The van der Waals surface area contributed by atoms with Gasteiger partial charge in [-0.3, -0.25) is 4.90 Å². The molecule has 1 saturated heterocycles. The number of ether oxygens (including phenoxy) is 3. The van der Waals surface area contributed by atoms with Gasteiger partial charge >= 0.3 is 6.09 Å². The van der Waals surface area contributed by atoms with Crippen LogP contribution in [0.4, 0.5) is 4.79 Å². The van der Waals surface area contributed by atoms with Gasteiger partial charge in [-0.25, -0.2) is 4.79 Å². The van der Waals surface area contributed by atoms with Crippen molar-refractivity contribution in [1.29, 1.82) is 0 Å². The number of nitrogens with zero attached hydrogens (tertiary/aromatic N) is 1. The van der Waals surface area contributed by atoms with Crippen LogP contribution in [0.25, 0.3) is 0 Å². The number of halogens is 1. The number of rotatable bonds is 8. The molecule has 0 saturated carbocycles. The van der Waals surface area contributed by atoms with Crippen molar-refractivity contribution in [3.8, 4) is 5.75 Å². The number of hydrogen-bond acceptors (Lipinski definition) is 5. The van der Waals surface area contributed by atoms with Crippen molar-refractivity contribution in [3.63, 3.8) is 0 Å². The Balaban J connectivity index is 1.68. The molecule has 26 heavy (non-hydrogen) atoms. The van der Waals surface area contributed by atoms with Gasteiger partial charge in [0.05, 0.1) is 12.6 Å². The van der Waals surface area contributed by atoms with Gasteiger partial charge in [0.25, 0.3) is 0 Å². The van der Waals surface area contributed by atoms with E-state index in [4.69, 9.17) is 25.8 Å². The van der Waals surface area contributed by atoms with E-state index in [0.717, 1.165) is 31.8 Å². The average Bonchev–Trinajstić information content (AvgIpc) is 2.49. The van der Waals surface area contributed by atoms with Crippen molar-refractivity contribution in [1.82, 2.24) is 10.2 Å². The summed E-state index contributed by atoms with van der Waals surface area (Å²) >= 11 is 5.87. The topological polar surface area (TPSA) is 60.0 Å². The second kappa shape index (κ2) is 9.44. The van der Waals surface area contributed by atoms with Gasteiger partial charge in [-0.15, -0.1) is 0 Å². The minimum absolute atomic E-state index is 0.0777. The molecule has 0 bridgehead atoms. The molecule has 1 heterocycles. The van der Waals surface area contributed by atoms with Crippen molar-refractivity contribution in [3.05, 3.63) is 29.3 Å². The Morgan fingerprint density at radius 3 is 2.54 bits per heavy atom. The average molecular weight is 385 g/mol. The maximum atomic E-state index is 11.9. The zero-order valence-electron chi connectivity index (χ0n) is 16.0. The van der Waals surface area contributed by atoms with Gasteiger partial charge in [0.15, 0.2) is 0 Å². The lowest BCUT2D eigenvalue weighted by Gasteiger charge is -2.39. The highest BCUT2D eigenvalue weighted by Crippen LogP contribution is 2.20. The number of nitrogens with one attached hydrogen (secondary N) is 1. The lowest BCUT2D eigenvalue weighted by molar-refractivity contribution is 0.0140. The van der Waals surface area contributed by atoms with Crippen LogP contribution in [0.2, 0.25) is 5.02 Å². The molecule has 0 radical (unpaired) electrons. The van der Waals surface area contributed by atoms with E-state index in [1.165, 1.54) is 0 Å². The molecule has 7 heteroatoms. The Kier molecular flexibility index (Phi) is 7.55. The highest BCUT2D eigenvalue weighted by molar-refractivity contribution is 6.30. The summed E-state index contributed by atoms with van der Waals surface area (Å²) in [6.45, 7) is 8.60. The number of methoxy groups -OCH3 is 1. The lowest BCUT2D eigenvalue weighted by atomic mass is 10.1. The molecule has 6 nitrogen and oxygen atoms in total. The number of carbonyl (C=O) groups excluding carboxylic acids is 1. The monoisotopic (exact) mass is 384 g/mol. The van der Waals surface area contributed by atoms with E-state index >= 15 is 0 Å². The summed E-state index contributed by atoms with van der Waals surface area (Å²) in [6.07, 6.45) is 0.573. The number of likely N-dealkylation sites (tertiary alicyclic amines) is 1. The largest absolute Gasteiger partial charge is 0.488 e. The molecular formula is C19H29ClN2O4. The van der Waals surface area contributed by atoms with Crippen LogP contribution in [0.5, 0.6) is 5.75 Å². The summed E-state index contributed by atoms with van der Waals surface area (Å²) < 4.78 is 16.4. The molecule has 1 fully saturated rings. The van der Waals surface area contributed by atoms with Crippen molar-refractivity contribution >= 4 is 17.7 Å². The normalized spacial score (nSPS) is 16.7. The van der Waals surface area contributed by atoms with Crippen LogP contribution in [0.3, 0.4) is 0 Å². The van der Waals surface area contributed by atoms with Crippen molar-refractivity contribution < 1.29 is 19.0 Å². The summed E-state index contributed by atoms with van der Waals surface area (Å²) in [5, 5.41) is 3.58. The van der Waals surface area contributed by atoms with E-state index in [9.17, 15) is 4.79 Å². The molecule has 1 atom stereocenters. The van der Waals surface area contributed by atoms with Crippen molar-refractivity contribution in [2.24, 2.45) is 0 Å². The predicted octanol–water partition coefficient (Wildman–Crippen LogP) is 3.33. The summed E-state index contributed by atoms with van der Waals surface area (Å²) in [5.41, 5.74) is -0.509. The Hall–Kier alpha value is -1.50. The predicted molar refractivity (Wildman–Crippen MR) is 102 cm³/mol. The number of benzene rings is 1. The molecule has 0 aromatic heterocycles. The third-order valence-corrected chi connectivity index (χ3v) is 4.17. The molecule has 1 aliphatic heterocycles. The minimum Gasteiger partial charge on any atom is -0.488 e. The van der Waals surface area contributed by atoms with E-state index in [1.807, 2.05) is 45.0 Å². The Morgan fingerprint density at radius 1 is 1.31 bits per heavy atom. The Morgan fingerprint density at radius 2 is 1.96 bits per heavy atom. The lowest BCUT2D eigenvalue weighted by Crippen LogP contribution is -2.55. The summed E-state index contributed by atoms with van der Waals surface area (Å²) in [6, 6.07) is 7.33. The molecule has 1 aromatic rings. The van der Waals surface area contributed by atoms with Crippen molar-refractivity contribution in [2.45, 2.75) is 44.9 Å². The van der Waals surface area contributed by atoms with Gasteiger partial charge in [-0.2, -0.15) is 0 Å². The first kappa shape index (κ1) is 20.8. The van der Waals surface area contributed by atoms with E-state index in [1.54, 1.807) is 7.11 Å². The van der Waals surface area contributed by atoms with Crippen LogP contribution < -0.4 is 10.1 Å². The molecule has 1 N–H and O–H groups in total. The molecular weight excluding hydrogens is 356 g/mol. The van der Waals surface area contributed by atoms with Gasteiger partial charge in [0.2, 0.25) is 0 Å². The van der Waals surface area contributed by atoms with E-state index in [2.05, 4.69) is 10.2 Å². The summed E-state index contributed by atoms with van der Waals surface area (Å²) in [5.74, 6) is 0.836. The first-order valence-electron chi connectivity index (χ1n) is 8.88. The van der Waals surface area contributed by atoms with Gasteiger partial charge in [0, 0.05) is 31.8 Å². The highest BCUT2D eigenvalue weighted by Gasteiger charge is 2.29. The smallest absolute Gasteiger partial charge is 0.407 e. The number of carbonyl (C=O) groups is 1. The van der Waals surface area contributed by atoms with Crippen molar-refractivity contribution in [2.75, 3.05) is 33.4 Å². The van der Waals surface area contributed by atoms with Crippen LogP contribution in [0, 0.1) is 0 Å². The fourth-order valence-electron chi connectivity index (χ4n) is 2.70. The van der Waals surface area contributed by atoms with Crippen LogP contribution in [0.15, 0.2) is 24.3 Å². The molecule has 0 unspecified atom stereocenters. The first-order chi connectivity index (χ1) is 12.2. The van der Waals surface area contributed by atoms with E-state index < -0.39 is 11.7 Å². The quantitative estimate of drug-likeness (QED) is 0.744. The molecule has 1 aromatic carbocycles. The van der Waals surface area contributed by atoms with E-state index in [-0.39, 0.29) is 12.1 Å². The molecule has 2 rings (SSSR count). The van der Waals surface area contributed by atoms with Gasteiger partial charge in [-0.05, 0) is 51.5 Å². The number of alkyl carbamates (subject to hydrolysis) is 1. The zero-order chi connectivity index (χ0) is 19.2. The molecule has 0 aliphatic carbocycles. The van der Waals surface area contributed by atoms with E-state index in [0.29, 0.717) is 11.6 Å². The second-order valence-corrected chi connectivity index (χ2v) is 7.98. The minimum atomic E-state index is -0.509. The van der Waals surface area contributed by atoms with Gasteiger partial charge < -0.3 is 19.5 Å². The third-order valence-electron chi connectivity index (χ3n) is 3.92. The Bertz CT molecular complexity index is 568. The van der Waals surface area contributed by atoms with Crippen LogP contribution in [-0.2, 0) is 9.47 Å². The first-order valence-corrected chi connectivity index (χ1v) is 9.26. The molecule has 1 aliphatic rings. The van der Waals surface area contributed by atoms with Crippen LogP contribution >= 0.6 is 11.6 Å². The highest BCUT2D eigenvalue weighted by atomic mass is 35.5. The third kappa shape index (κ3) is 7.40. The number of hydrogen-bond donors (Lipinski definition) is 1. The Labute approximate surface area is 160 Å². The molecule has 1 amide bonds.